The Morgan fingerprint density at radius 2 is 1.76 bits per heavy atom. The van der Waals surface area contributed by atoms with Crippen LogP contribution in [-0.2, 0) is 11.3 Å². The summed E-state index contributed by atoms with van der Waals surface area (Å²) in [5.74, 6) is 1.34. The van der Waals surface area contributed by atoms with Crippen molar-refractivity contribution in [3.05, 3.63) is 77.9 Å². The minimum Gasteiger partial charge on any atom is -0.497 e. The van der Waals surface area contributed by atoms with Gasteiger partial charge in [0.05, 0.1) is 12.9 Å². The molecule has 0 saturated heterocycles. The summed E-state index contributed by atoms with van der Waals surface area (Å²) in [6.45, 7) is 2.24. The van der Waals surface area contributed by atoms with Crippen molar-refractivity contribution in [3.63, 3.8) is 0 Å². The largest absolute Gasteiger partial charge is 0.497 e. The van der Waals surface area contributed by atoms with Crippen LogP contribution < -0.4 is 9.47 Å². The van der Waals surface area contributed by atoms with Gasteiger partial charge in [-0.15, -0.1) is 10.2 Å². The minimum absolute atomic E-state index is 0.0600. The summed E-state index contributed by atoms with van der Waals surface area (Å²) < 4.78 is 29.6. The average Bonchev–Trinajstić information content (AvgIpc) is 3.33. The van der Waals surface area contributed by atoms with Crippen LogP contribution >= 0.6 is 11.8 Å². The van der Waals surface area contributed by atoms with E-state index in [1.807, 2.05) is 30.3 Å². The summed E-state index contributed by atoms with van der Waals surface area (Å²) in [7, 11) is 3.41. The molecule has 0 N–H and O–H groups in total. The molecule has 1 atom stereocenters. The van der Waals surface area contributed by atoms with Gasteiger partial charge < -0.3 is 18.8 Å². The van der Waals surface area contributed by atoms with E-state index in [0.717, 1.165) is 22.1 Å². The normalized spacial score (nSPS) is 11.9. The number of benzene rings is 3. The van der Waals surface area contributed by atoms with Gasteiger partial charge in [-0.1, -0.05) is 30.0 Å². The van der Waals surface area contributed by atoms with Gasteiger partial charge in [0.15, 0.2) is 6.10 Å². The van der Waals surface area contributed by atoms with Gasteiger partial charge in [-0.05, 0) is 65.7 Å². The molecule has 4 aromatic rings. The summed E-state index contributed by atoms with van der Waals surface area (Å²) in [6, 6.07) is 17.7. The highest BCUT2D eigenvalue weighted by molar-refractivity contribution is 7.99. The Labute approximate surface area is 200 Å². The standard InChI is InChI=1S/C25H24FN3O4S/c1-16(32-21-10-7-20(26)8-11-21)24-27-28-25(33-24)34-15-23(30)29(2)14-17-4-5-19-13-22(31-3)9-6-18(19)12-17/h4-13,16H,14-15H2,1-3H3. The Morgan fingerprint density at radius 3 is 2.53 bits per heavy atom. The van der Waals surface area contributed by atoms with E-state index in [1.54, 1.807) is 26.0 Å². The number of nitrogens with zero attached hydrogens (tertiary/aromatic N) is 3. The third-order valence-electron chi connectivity index (χ3n) is 5.17. The number of rotatable bonds is 9. The van der Waals surface area contributed by atoms with Crippen molar-refractivity contribution in [2.24, 2.45) is 0 Å². The van der Waals surface area contributed by atoms with Crippen LogP contribution in [0.15, 0.2) is 70.3 Å². The Hall–Kier alpha value is -3.59. The lowest BCUT2D eigenvalue weighted by Gasteiger charge is -2.17. The Morgan fingerprint density at radius 1 is 1.06 bits per heavy atom. The molecule has 0 fully saturated rings. The van der Waals surface area contributed by atoms with Crippen molar-refractivity contribution in [3.8, 4) is 11.5 Å². The molecule has 0 bridgehead atoms. The average molecular weight is 482 g/mol. The van der Waals surface area contributed by atoms with Gasteiger partial charge >= 0.3 is 0 Å². The number of methoxy groups -OCH3 is 1. The molecule has 176 valence electrons. The molecule has 0 spiro atoms. The number of hydrogen-bond acceptors (Lipinski definition) is 7. The first-order valence-corrected chi connectivity index (χ1v) is 11.6. The van der Waals surface area contributed by atoms with Crippen LogP contribution in [0.2, 0.25) is 0 Å². The zero-order valence-electron chi connectivity index (χ0n) is 19.0. The van der Waals surface area contributed by atoms with Crippen LogP contribution in [0, 0.1) is 5.82 Å². The monoisotopic (exact) mass is 481 g/mol. The minimum atomic E-state index is -0.515. The van der Waals surface area contributed by atoms with Crippen LogP contribution in [0.25, 0.3) is 10.8 Å². The Balaban J connectivity index is 1.29. The maximum atomic E-state index is 13.0. The SMILES string of the molecule is COc1ccc2cc(CN(C)C(=O)CSc3nnc(C(C)Oc4ccc(F)cc4)o3)ccc2c1. The first-order valence-electron chi connectivity index (χ1n) is 10.6. The molecule has 34 heavy (non-hydrogen) atoms. The lowest BCUT2D eigenvalue weighted by molar-refractivity contribution is -0.127. The fourth-order valence-corrected chi connectivity index (χ4v) is 4.02. The van der Waals surface area contributed by atoms with Crippen molar-refractivity contribution in [1.29, 1.82) is 0 Å². The van der Waals surface area contributed by atoms with E-state index in [1.165, 1.54) is 36.0 Å². The number of amides is 1. The third kappa shape index (κ3) is 5.85. The molecule has 0 radical (unpaired) electrons. The number of halogens is 1. The zero-order valence-corrected chi connectivity index (χ0v) is 19.8. The molecule has 7 nitrogen and oxygen atoms in total. The molecule has 0 saturated carbocycles. The highest BCUT2D eigenvalue weighted by Gasteiger charge is 2.18. The topological polar surface area (TPSA) is 77.7 Å². The van der Waals surface area contributed by atoms with Gasteiger partial charge in [-0.3, -0.25) is 4.79 Å². The summed E-state index contributed by atoms with van der Waals surface area (Å²) in [5.41, 5.74) is 1.03. The van der Waals surface area contributed by atoms with Gasteiger partial charge in [-0.2, -0.15) is 0 Å². The van der Waals surface area contributed by atoms with Gasteiger partial charge in [-0.25, -0.2) is 4.39 Å². The quantitative estimate of drug-likeness (QED) is 0.302. The van der Waals surface area contributed by atoms with Gasteiger partial charge in [0.25, 0.3) is 11.1 Å². The number of carbonyl (C=O) groups excluding carboxylic acids is 1. The van der Waals surface area contributed by atoms with E-state index >= 15 is 0 Å². The molecule has 0 aliphatic rings. The lowest BCUT2D eigenvalue weighted by atomic mass is 10.1. The van der Waals surface area contributed by atoms with E-state index < -0.39 is 6.10 Å². The van der Waals surface area contributed by atoms with Crippen molar-refractivity contribution in [2.75, 3.05) is 19.9 Å². The molecule has 1 unspecified atom stereocenters. The number of ether oxygens (including phenoxy) is 2. The molecule has 0 aliphatic carbocycles. The molecule has 1 aromatic heterocycles. The van der Waals surface area contributed by atoms with Crippen molar-refractivity contribution in [1.82, 2.24) is 15.1 Å². The molecule has 0 aliphatic heterocycles. The second-order valence-electron chi connectivity index (χ2n) is 7.71. The van der Waals surface area contributed by atoms with E-state index in [0.29, 0.717) is 12.3 Å². The zero-order chi connectivity index (χ0) is 24.1. The highest BCUT2D eigenvalue weighted by atomic mass is 32.2. The van der Waals surface area contributed by atoms with Gasteiger partial charge in [0, 0.05) is 13.6 Å². The van der Waals surface area contributed by atoms with Crippen LogP contribution in [-0.4, -0.2) is 40.9 Å². The highest BCUT2D eigenvalue weighted by Crippen LogP contribution is 2.25. The molecule has 3 aromatic carbocycles. The van der Waals surface area contributed by atoms with Gasteiger partial charge in [0.2, 0.25) is 5.91 Å². The predicted molar refractivity (Wildman–Crippen MR) is 127 cm³/mol. The second kappa shape index (κ2) is 10.6. The number of carbonyl (C=O) groups is 1. The fraction of sp³-hybridized carbons (Fsp3) is 0.240. The lowest BCUT2D eigenvalue weighted by Crippen LogP contribution is -2.27. The predicted octanol–water partition coefficient (Wildman–Crippen LogP) is 5.26. The van der Waals surface area contributed by atoms with Crippen LogP contribution in [0.1, 0.15) is 24.5 Å². The van der Waals surface area contributed by atoms with Crippen molar-refractivity contribution < 1.29 is 23.1 Å². The van der Waals surface area contributed by atoms with Crippen molar-refractivity contribution in [2.45, 2.75) is 24.8 Å². The van der Waals surface area contributed by atoms with Gasteiger partial charge in [0.1, 0.15) is 17.3 Å². The molecule has 1 heterocycles. The Kier molecular flexibility index (Phi) is 7.32. The molecular formula is C25H24FN3O4S. The van der Waals surface area contributed by atoms with Crippen LogP contribution in [0.4, 0.5) is 4.39 Å². The number of fused-ring (bicyclic) bond motifs is 1. The van der Waals surface area contributed by atoms with Crippen molar-refractivity contribution >= 4 is 28.4 Å². The first-order chi connectivity index (χ1) is 16.4. The molecular weight excluding hydrogens is 457 g/mol. The van der Waals surface area contributed by atoms with Crippen LogP contribution in [0.5, 0.6) is 11.5 Å². The third-order valence-corrected chi connectivity index (χ3v) is 5.98. The maximum Gasteiger partial charge on any atom is 0.277 e. The van der Waals surface area contributed by atoms with E-state index in [4.69, 9.17) is 13.9 Å². The van der Waals surface area contributed by atoms with E-state index in [9.17, 15) is 9.18 Å². The molecule has 4 rings (SSSR count). The number of aromatic nitrogens is 2. The Bertz CT molecular complexity index is 1280. The number of hydrogen-bond donors (Lipinski definition) is 0. The second-order valence-corrected chi connectivity index (χ2v) is 8.63. The summed E-state index contributed by atoms with van der Waals surface area (Å²) in [4.78, 5) is 14.3. The molecule has 9 heteroatoms. The van der Waals surface area contributed by atoms with E-state index in [2.05, 4.69) is 16.3 Å². The summed E-state index contributed by atoms with van der Waals surface area (Å²) in [5, 5.41) is 10.4. The smallest absolute Gasteiger partial charge is 0.277 e. The fourth-order valence-electron chi connectivity index (χ4n) is 3.31. The number of thioether (sulfide) groups is 1. The molecule has 1 amide bonds. The summed E-state index contributed by atoms with van der Waals surface area (Å²) >= 11 is 1.17. The maximum absolute atomic E-state index is 13.0. The summed E-state index contributed by atoms with van der Waals surface area (Å²) in [6.07, 6.45) is -0.515. The van der Waals surface area contributed by atoms with E-state index in [-0.39, 0.29) is 28.6 Å². The van der Waals surface area contributed by atoms with Crippen LogP contribution in [0.3, 0.4) is 0 Å². The first kappa shape index (κ1) is 23.6.